The molecular formula is C19H26FN3O3. The first-order valence-corrected chi connectivity index (χ1v) is 9.00. The number of piperazine rings is 1. The third-order valence-corrected chi connectivity index (χ3v) is 4.71. The zero-order valence-electron chi connectivity index (χ0n) is 15.5. The van der Waals surface area contributed by atoms with E-state index in [2.05, 4.69) is 10.2 Å². The maximum atomic E-state index is 13.0. The Balaban J connectivity index is 1.54. The Labute approximate surface area is 153 Å². The van der Waals surface area contributed by atoms with Gasteiger partial charge in [-0.2, -0.15) is 0 Å². The molecule has 2 atom stereocenters. The molecule has 1 aromatic rings. The van der Waals surface area contributed by atoms with Gasteiger partial charge in [0.15, 0.2) is 0 Å². The third kappa shape index (κ3) is 4.52. The number of halogens is 1. The zero-order chi connectivity index (χ0) is 18.9. The molecule has 142 valence electrons. The van der Waals surface area contributed by atoms with E-state index in [4.69, 9.17) is 4.74 Å². The second kappa shape index (κ2) is 7.23. The molecule has 26 heavy (non-hydrogen) atoms. The number of benzene rings is 1. The van der Waals surface area contributed by atoms with Gasteiger partial charge in [-0.15, -0.1) is 0 Å². The Morgan fingerprint density at radius 1 is 1.15 bits per heavy atom. The highest BCUT2D eigenvalue weighted by Crippen LogP contribution is 2.23. The number of nitrogens with one attached hydrogen (secondary N) is 1. The van der Waals surface area contributed by atoms with Gasteiger partial charge < -0.3 is 15.0 Å². The summed E-state index contributed by atoms with van der Waals surface area (Å²) in [5.41, 5.74) is -0.0538. The minimum absolute atomic E-state index is 0.0242. The van der Waals surface area contributed by atoms with Crippen LogP contribution in [-0.2, 0) is 4.74 Å². The maximum Gasteiger partial charge on any atom is 0.410 e. The standard InChI is InChI=1S/C19H26FN3O3/c1-19(2,3)26-18(25)23-9-8-22-11-15(10-16(22)12-23)21-17(24)13-4-6-14(20)7-5-13/h4-7,15-16H,8-12H2,1-3H3,(H,21,24)/t15-,16-/m0/s1. The smallest absolute Gasteiger partial charge is 0.410 e. The fourth-order valence-corrected chi connectivity index (χ4v) is 3.51. The molecule has 2 saturated heterocycles. The van der Waals surface area contributed by atoms with Gasteiger partial charge in [-0.1, -0.05) is 0 Å². The number of hydrogen-bond acceptors (Lipinski definition) is 4. The van der Waals surface area contributed by atoms with E-state index in [0.29, 0.717) is 18.7 Å². The number of nitrogens with zero attached hydrogens (tertiary/aromatic N) is 2. The molecule has 7 heteroatoms. The average molecular weight is 363 g/mol. The molecule has 2 heterocycles. The fourth-order valence-electron chi connectivity index (χ4n) is 3.51. The molecule has 0 aromatic heterocycles. The summed E-state index contributed by atoms with van der Waals surface area (Å²) in [4.78, 5) is 28.6. The second-order valence-electron chi connectivity index (χ2n) is 7.99. The SMILES string of the molecule is CC(C)(C)OC(=O)N1CCN2C[C@@H](NC(=O)c3ccc(F)cc3)C[C@H]2C1. The summed E-state index contributed by atoms with van der Waals surface area (Å²) in [7, 11) is 0. The number of carbonyl (C=O) groups excluding carboxylic acids is 2. The van der Waals surface area contributed by atoms with Crippen LogP contribution < -0.4 is 5.32 Å². The first kappa shape index (κ1) is 18.6. The molecule has 1 aromatic carbocycles. The summed E-state index contributed by atoms with van der Waals surface area (Å²) in [5, 5.41) is 3.02. The summed E-state index contributed by atoms with van der Waals surface area (Å²) in [5.74, 6) is -0.555. The van der Waals surface area contributed by atoms with Crippen LogP contribution in [0.2, 0.25) is 0 Å². The van der Waals surface area contributed by atoms with Crippen molar-refractivity contribution < 1.29 is 18.7 Å². The van der Waals surface area contributed by atoms with Crippen molar-refractivity contribution in [2.75, 3.05) is 26.2 Å². The monoisotopic (exact) mass is 363 g/mol. The van der Waals surface area contributed by atoms with E-state index in [1.807, 2.05) is 20.8 Å². The highest BCUT2D eigenvalue weighted by atomic mass is 19.1. The molecular weight excluding hydrogens is 337 g/mol. The number of carbonyl (C=O) groups is 2. The quantitative estimate of drug-likeness (QED) is 0.875. The molecule has 3 rings (SSSR count). The normalized spacial score (nSPS) is 23.5. The van der Waals surface area contributed by atoms with Crippen LogP contribution >= 0.6 is 0 Å². The van der Waals surface area contributed by atoms with Crippen LogP contribution in [0.5, 0.6) is 0 Å². The summed E-state index contributed by atoms with van der Waals surface area (Å²) >= 11 is 0. The molecule has 0 unspecified atom stereocenters. The van der Waals surface area contributed by atoms with Crippen LogP contribution in [-0.4, -0.2) is 65.7 Å². The van der Waals surface area contributed by atoms with Crippen LogP contribution in [0, 0.1) is 5.82 Å². The topological polar surface area (TPSA) is 61.9 Å². The van der Waals surface area contributed by atoms with Crippen LogP contribution in [0.15, 0.2) is 24.3 Å². The molecule has 2 fully saturated rings. The van der Waals surface area contributed by atoms with E-state index in [1.54, 1.807) is 4.90 Å². The molecule has 2 amide bonds. The molecule has 0 bridgehead atoms. The number of hydrogen-bond donors (Lipinski definition) is 1. The van der Waals surface area contributed by atoms with Crippen LogP contribution in [0.1, 0.15) is 37.6 Å². The Bertz CT molecular complexity index is 672. The molecule has 2 aliphatic heterocycles. The van der Waals surface area contributed by atoms with Crippen molar-refractivity contribution in [2.45, 2.75) is 44.9 Å². The lowest BCUT2D eigenvalue weighted by Crippen LogP contribution is -2.53. The van der Waals surface area contributed by atoms with Crippen LogP contribution in [0.25, 0.3) is 0 Å². The Morgan fingerprint density at radius 3 is 2.50 bits per heavy atom. The molecule has 0 saturated carbocycles. The minimum Gasteiger partial charge on any atom is -0.444 e. The number of fused-ring (bicyclic) bond motifs is 1. The second-order valence-corrected chi connectivity index (χ2v) is 7.99. The maximum absolute atomic E-state index is 13.0. The molecule has 0 spiro atoms. The first-order valence-electron chi connectivity index (χ1n) is 9.00. The molecule has 2 aliphatic rings. The van der Waals surface area contributed by atoms with Gasteiger partial charge in [0.25, 0.3) is 5.91 Å². The van der Waals surface area contributed by atoms with Gasteiger partial charge in [-0.25, -0.2) is 9.18 Å². The lowest BCUT2D eigenvalue weighted by Gasteiger charge is -2.37. The Kier molecular flexibility index (Phi) is 5.18. The summed E-state index contributed by atoms with van der Waals surface area (Å²) in [6.45, 7) is 8.35. The van der Waals surface area contributed by atoms with Gasteiger partial charge in [0.2, 0.25) is 0 Å². The number of rotatable bonds is 2. The fraction of sp³-hybridized carbons (Fsp3) is 0.579. The van der Waals surface area contributed by atoms with Crippen molar-refractivity contribution in [3.63, 3.8) is 0 Å². The van der Waals surface area contributed by atoms with Crippen molar-refractivity contribution in [3.8, 4) is 0 Å². The van der Waals surface area contributed by atoms with Gasteiger partial charge in [0, 0.05) is 43.8 Å². The Morgan fingerprint density at radius 2 is 1.85 bits per heavy atom. The molecule has 1 N–H and O–H groups in total. The lowest BCUT2D eigenvalue weighted by atomic mass is 10.1. The van der Waals surface area contributed by atoms with Crippen molar-refractivity contribution in [2.24, 2.45) is 0 Å². The Hall–Kier alpha value is -2.15. The van der Waals surface area contributed by atoms with Gasteiger partial charge >= 0.3 is 6.09 Å². The van der Waals surface area contributed by atoms with Gasteiger partial charge in [-0.05, 0) is 51.5 Å². The largest absolute Gasteiger partial charge is 0.444 e. The number of amides is 2. The van der Waals surface area contributed by atoms with E-state index in [0.717, 1.165) is 19.5 Å². The van der Waals surface area contributed by atoms with Crippen molar-refractivity contribution in [1.29, 1.82) is 0 Å². The minimum atomic E-state index is -0.504. The first-order chi connectivity index (χ1) is 12.2. The summed E-state index contributed by atoms with van der Waals surface area (Å²) in [6.07, 6.45) is 0.502. The zero-order valence-corrected chi connectivity index (χ0v) is 15.5. The highest BCUT2D eigenvalue weighted by Gasteiger charge is 2.39. The molecule has 0 aliphatic carbocycles. The highest BCUT2D eigenvalue weighted by molar-refractivity contribution is 5.94. The number of ether oxygens (including phenoxy) is 1. The van der Waals surface area contributed by atoms with Crippen molar-refractivity contribution in [1.82, 2.24) is 15.1 Å². The van der Waals surface area contributed by atoms with E-state index in [9.17, 15) is 14.0 Å². The van der Waals surface area contributed by atoms with Crippen LogP contribution in [0.3, 0.4) is 0 Å². The van der Waals surface area contributed by atoms with Crippen molar-refractivity contribution in [3.05, 3.63) is 35.6 Å². The van der Waals surface area contributed by atoms with E-state index < -0.39 is 5.60 Å². The predicted molar refractivity (Wildman–Crippen MR) is 95.4 cm³/mol. The third-order valence-electron chi connectivity index (χ3n) is 4.71. The van der Waals surface area contributed by atoms with Gasteiger partial charge in [-0.3, -0.25) is 9.69 Å². The predicted octanol–water partition coefficient (Wildman–Crippen LogP) is 2.25. The van der Waals surface area contributed by atoms with Crippen molar-refractivity contribution >= 4 is 12.0 Å². The van der Waals surface area contributed by atoms with E-state index >= 15 is 0 Å². The van der Waals surface area contributed by atoms with Crippen LogP contribution in [0.4, 0.5) is 9.18 Å². The van der Waals surface area contributed by atoms with E-state index in [-0.39, 0.29) is 29.9 Å². The lowest BCUT2D eigenvalue weighted by molar-refractivity contribution is 0.00925. The van der Waals surface area contributed by atoms with Gasteiger partial charge in [0.05, 0.1) is 0 Å². The van der Waals surface area contributed by atoms with E-state index in [1.165, 1.54) is 24.3 Å². The molecule has 6 nitrogen and oxygen atoms in total. The van der Waals surface area contributed by atoms with Gasteiger partial charge in [0.1, 0.15) is 11.4 Å². The summed E-state index contributed by atoms with van der Waals surface area (Å²) < 4.78 is 18.4. The average Bonchev–Trinajstić information content (AvgIpc) is 2.95. The molecule has 0 radical (unpaired) electrons. The summed E-state index contributed by atoms with van der Waals surface area (Å²) in [6, 6.07) is 5.77.